The average Bonchev–Trinajstić information content (AvgIpc) is 4.04. The maximum atomic E-state index is 13.7. The number of hydrogen-bond acceptors (Lipinski definition) is 9. The van der Waals surface area contributed by atoms with E-state index in [1.807, 2.05) is 42.5 Å². The molecule has 296 valence electrons. The smallest absolute Gasteiger partial charge is 0.407 e. The second kappa shape index (κ2) is 17.3. The second-order valence-corrected chi connectivity index (χ2v) is 14.1. The maximum Gasteiger partial charge on any atom is 0.407 e. The molecule has 2 saturated heterocycles. The highest BCUT2D eigenvalue weighted by Crippen LogP contribution is 2.34. The fraction of sp³-hybridized carbons (Fsp3) is 0.450. The first kappa shape index (κ1) is 39.8. The monoisotopic (exact) mass is 768 g/mol. The van der Waals surface area contributed by atoms with E-state index in [4.69, 9.17) is 19.2 Å². The van der Waals surface area contributed by atoms with Crippen molar-refractivity contribution < 1.29 is 38.5 Å². The lowest BCUT2D eigenvalue weighted by atomic mass is 10.0. The molecule has 2 aliphatic rings. The van der Waals surface area contributed by atoms with Gasteiger partial charge in [0.1, 0.15) is 29.4 Å². The van der Waals surface area contributed by atoms with Gasteiger partial charge >= 0.3 is 12.2 Å². The third-order valence-electron chi connectivity index (χ3n) is 10.7. The summed E-state index contributed by atoms with van der Waals surface area (Å²) in [7, 11) is 5.57. The number of benzene rings is 2. The van der Waals surface area contributed by atoms with Crippen LogP contribution in [0.2, 0.25) is 0 Å². The minimum Gasteiger partial charge on any atom is -0.465 e. The van der Waals surface area contributed by atoms with Crippen LogP contribution in [0.25, 0.3) is 22.2 Å². The number of hydrogen-bond donors (Lipinski definition) is 4. The molecule has 2 aromatic heterocycles. The zero-order valence-corrected chi connectivity index (χ0v) is 32.4. The van der Waals surface area contributed by atoms with E-state index in [-0.39, 0.29) is 23.9 Å². The number of likely N-dealkylation sites (N-methyl/N-ethyl adjacent to an activating group) is 1. The molecule has 0 bridgehead atoms. The highest BCUT2D eigenvalue weighted by atomic mass is 16.5. The Bertz CT molecular complexity index is 2120. The molecule has 56 heavy (non-hydrogen) atoms. The number of aromatic amines is 2. The minimum absolute atomic E-state index is 0.273. The van der Waals surface area contributed by atoms with Crippen molar-refractivity contribution in [1.29, 1.82) is 0 Å². The Morgan fingerprint density at radius 2 is 1.52 bits per heavy atom. The lowest BCUT2D eigenvalue weighted by Gasteiger charge is -2.34. The maximum absolute atomic E-state index is 13.7. The predicted molar refractivity (Wildman–Crippen MR) is 205 cm³/mol. The van der Waals surface area contributed by atoms with E-state index in [0.717, 1.165) is 45.5 Å². The lowest BCUT2D eigenvalue weighted by molar-refractivity contribution is -0.141. The predicted octanol–water partition coefficient (Wildman–Crippen LogP) is 4.45. The van der Waals surface area contributed by atoms with Crippen molar-refractivity contribution in [2.45, 2.75) is 75.9 Å². The van der Waals surface area contributed by atoms with Gasteiger partial charge in [-0.15, -0.1) is 0 Å². The number of ether oxygens (including phenoxy) is 3. The number of methoxy groups -OCH3 is 3. The zero-order valence-electron chi connectivity index (χ0n) is 32.4. The molecule has 6 rings (SSSR count). The van der Waals surface area contributed by atoms with Gasteiger partial charge in [0, 0.05) is 39.9 Å². The number of fused-ring (bicyclic) bond motifs is 1. The molecule has 6 atom stereocenters. The number of carbonyl (C=O) groups excluding carboxylic acids is 3. The normalized spacial score (nSPS) is 18.8. The van der Waals surface area contributed by atoms with Crippen LogP contribution in [0.3, 0.4) is 0 Å². The van der Waals surface area contributed by atoms with Gasteiger partial charge in [-0.3, -0.25) is 14.5 Å². The largest absolute Gasteiger partial charge is 0.465 e. The van der Waals surface area contributed by atoms with Crippen LogP contribution in [-0.2, 0) is 23.8 Å². The molecule has 16 heteroatoms. The van der Waals surface area contributed by atoms with Gasteiger partial charge in [-0.25, -0.2) is 19.6 Å². The van der Waals surface area contributed by atoms with Gasteiger partial charge in [-0.2, -0.15) is 0 Å². The van der Waals surface area contributed by atoms with Gasteiger partial charge in [-0.1, -0.05) is 24.1 Å². The van der Waals surface area contributed by atoms with Gasteiger partial charge in [-0.05, 0) is 80.8 Å². The van der Waals surface area contributed by atoms with Crippen molar-refractivity contribution >= 4 is 35.0 Å². The van der Waals surface area contributed by atoms with Crippen LogP contribution in [0.5, 0.6) is 0 Å². The fourth-order valence-corrected chi connectivity index (χ4v) is 7.43. The molecule has 4 aromatic rings. The van der Waals surface area contributed by atoms with Crippen LogP contribution < -0.4 is 5.32 Å². The number of aromatic nitrogens is 4. The quantitative estimate of drug-likeness (QED) is 0.158. The Hall–Kier alpha value is -5.92. The summed E-state index contributed by atoms with van der Waals surface area (Å²) in [6, 6.07) is 11.3. The Morgan fingerprint density at radius 1 is 0.875 bits per heavy atom. The lowest BCUT2D eigenvalue weighted by Crippen LogP contribution is -2.54. The number of likely N-dealkylation sites (tertiary alicyclic amines) is 2. The van der Waals surface area contributed by atoms with Crippen molar-refractivity contribution in [1.82, 2.24) is 40.0 Å². The zero-order chi connectivity index (χ0) is 40.1. The van der Waals surface area contributed by atoms with Crippen molar-refractivity contribution in [2.24, 2.45) is 0 Å². The number of carboxylic acid groups (broad SMARTS) is 1. The topological polar surface area (TPSA) is 195 Å². The van der Waals surface area contributed by atoms with Crippen molar-refractivity contribution in [3.63, 3.8) is 0 Å². The fourth-order valence-electron chi connectivity index (χ4n) is 7.43. The molecule has 0 aliphatic carbocycles. The standard InChI is InChI=1S/C40H48N8O8/c1-23(54-4)33(45-39(51)56-6)37(49)47-19-7-9-31(47)35-41-22-28(42-35)17-13-25-11-14-26(15-12-25)27-16-18-29-30(21-27)44-36(43-29)32-10-8-20-48(32)38(50)34(24(2)55-5)46(3)40(52)53/h11-12,14-16,18,21-24,31-34H,7-10,19-20H2,1-6H3,(H,41,42)(H,43,44)(H,45,51)(H,52,53)/t23-,24-,31?,32?,33+,34+/m1/s1. The van der Waals surface area contributed by atoms with E-state index in [2.05, 4.69) is 32.1 Å². The molecule has 2 aliphatic heterocycles. The van der Waals surface area contributed by atoms with Gasteiger partial charge in [0.15, 0.2) is 0 Å². The Labute approximate surface area is 324 Å². The highest BCUT2D eigenvalue weighted by Gasteiger charge is 2.41. The van der Waals surface area contributed by atoms with Gasteiger partial charge < -0.3 is 44.4 Å². The van der Waals surface area contributed by atoms with Gasteiger partial charge in [0.2, 0.25) is 11.8 Å². The van der Waals surface area contributed by atoms with Crippen molar-refractivity contribution in [3.05, 3.63) is 71.6 Å². The molecule has 2 aromatic carbocycles. The van der Waals surface area contributed by atoms with E-state index in [1.165, 1.54) is 28.4 Å². The summed E-state index contributed by atoms with van der Waals surface area (Å²) in [5.41, 5.74) is 4.96. The summed E-state index contributed by atoms with van der Waals surface area (Å²) < 4.78 is 15.5. The third-order valence-corrected chi connectivity index (χ3v) is 10.7. The first-order chi connectivity index (χ1) is 26.9. The van der Waals surface area contributed by atoms with Gasteiger partial charge in [0.25, 0.3) is 0 Å². The molecule has 0 radical (unpaired) electrons. The minimum atomic E-state index is -1.20. The van der Waals surface area contributed by atoms with Crippen LogP contribution in [0.1, 0.15) is 74.5 Å². The molecule has 2 unspecified atom stereocenters. The van der Waals surface area contributed by atoms with E-state index in [0.29, 0.717) is 43.3 Å². The summed E-state index contributed by atoms with van der Waals surface area (Å²) in [5.74, 6) is 7.02. The molecule has 4 N–H and O–H groups in total. The average molecular weight is 769 g/mol. The second-order valence-electron chi connectivity index (χ2n) is 14.1. The number of rotatable bonds is 11. The Morgan fingerprint density at radius 3 is 2.16 bits per heavy atom. The summed E-state index contributed by atoms with van der Waals surface area (Å²) in [4.78, 5) is 71.5. The molecule has 0 spiro atoms. The molecule has 0 saturated carbocycles. The molecule has 16 nitrogen and oxygen atoms in total. The first-order valence-electron chi connectivity index (χ1n) is 18.6. The summed E-state index contributed by atoms with van der Waals surface area (Å²) in [6.45, 7) is 4.42. The number of imidazole rings is 2. The summed E-state index contributed by atoms with van der Waals surface area (Å²) in [5, 5.41) is 12.2. The van der Waals surface area contributed by atoms with E-state index in [9.17, 15) is 24.3 Å². The van der Waals surface area contributed by atoms with Crippen LogP contribution in [0, 0.1) is 11.8 Å². The molecule has 2 fully saturated rings. The van der Waals surface area contributed by atoms with Crippen LogP contribution in [0.4, 0.5) is 9.59 Å². The van der Waals surface area contributed by atoms with E-state index in [1.54, 1.807) is 29.8 Å². The van der Waals surface area contributed by atoms with Crippen LogP contribution >= 0.6 is 0 Å². The van der Waals surface area contributed by atoms with E-state index < -0.39 is 36.5 Å². The number of alkyl carbamates (subject to hydrolysis) is 1. The summed E-state index contributed by atoms with van der Waals surface area (Å²) in [6.07, 6.45) is 1.52. The third kappa shape index (κ3) is 8.33. The van der Waals surface area contributed by atoms with Gasteiger partial charge in [0.05, 0.1) is 48.6 Å². The molecule has 4 heterocycles. The van der Waals surface area contributed by atoms with Crippen molar-refractivity contribution in [2.75, 3.05) is 41.5 Å². The molecule has 4 amide bonds. The number of carbonyl (C=O) groups is 4. The number of nitrogens with zero attached hydrogens (tertiary/aromatic N) is 5. The number of amides is 4. The van der Waals surface area contributed by atoms with Crippen LogP contribution in [0.15, 0.2) is 48.7 Å². The highest BCUT2D eigenvalue weighted by molar-refractivity contribution is 5.88. The SMILES string of the molecule is COC(=O)N[C@H](C(=O)N1CCCC1c1ncc(C#Cc2ccc(-c3ccc4nc(C5CCCN5C(=O)[C@H]([C@@H](C)OC)N(C)C(=O)O)[nH]c4c3)cc2)[nH]1)[C@@H](C)OC. The summed E-state index contributed by atoms with van der Waals surface area (Å²) >= 11 is 0. The van der Waals surface area contributed by atoms with E-state index >= 15 is 0 Å². The Kier molecular flexibility index (Phi) is 12.3. The molecular weight excluding hydrogens is 720 g/mol. The first-order valence-corrected chi connectivity index (χ1v) is 18.6. The van der Waals surface area contributed by atoms with Crippen molar-refractivity contribution in [3.8, 4) is 23.0 Å². The molecular formula is C40H48N8O8. The van der Waals surface area contributed by atoms with Crippen LogP contribution in [-0.4, -0.2) is 130 Å². The Balaban J connectivity index is 1.13. The number of H-pyrrole nitrogens is 2. The number of nitrogens with one attached hydrogen (secondary N) is 3.